The van der Waals surface area contributed by atoms with E-state index in [-0.39, 0.29) is 24.3 Å². The smallest absolute Gasteiger partial charge is 0.243 e. The Balaban J connectivity index is 1.38. The number of carbonyl (C=O) groups is 2. The molecule has 3 N–H and O–H groups in total. The monoisotopic (exact) mass is 450 g/mol. The Labute approximate surface area is 190 Å². The second-order valence-electron chi connectivity index (χ2n) is 7.47. The van der Waals surface area contributed by atoms with Gasteiger partial charge in [-0.15, -0.1) is 0 Å². The standard InChI is InChI=1S/C23H23ClN6O2/c24-17-9-10-21(30-15-25-14-27-30)20(12-17)29-23(32)13-26-18-7-3-4-8-19(18)28-22(31)11-16-5-1-2-6-16/h1,3-5,7-10,12,14-16,26H,2,6,11,13H2,(H,28,31)(H,29,32). The van der Waals surface area contributed by atoms with E-state index in [2.05, 4.69) is 38.2 Å². The number of anilines is 3. The van der Waals surface area contributed by atoms with E-state index in [0.29, 0.717) is 34.2 Å². The zero-order chi connectivity index (χ0) is 22.3. The minimum Gasteiger partial charge on any atom is -0.374 e. The molecule has 2 amide bonds. The normalized spacial score (nSPS) is 14.8. The highest BCUT2D eigenvalue weighted by atomic mass is 35.5. The van der Waals surface area contributed by atoms with Gasteiger partial charge >= 0.3 is 0 Å². The fourth-order valence-electron chi connectivity index (χ4n) is 3.56. The molecular weight excluding hydrogens is 428 g/mol. The average Bonchev–Trinajstić information content (AvgIpc) is 3.48. The Kier molecular flexibility index (Phi) is 6.81. The Bertz CT molecular complexity index is 1130. The van der Waals surface area contributed by atoms with Gasteiger partial charge in [0.05, 0.1) is 29.3 Å². The van der Waals surface area contributed by atoms with Crippen molar-refractivity contribution in [3.05, 3.63) is 72.3 Å². The summed E-state index contributed by atoms with van der Waals surface area (Å²) in [5, 5.41) is 13.5. The van der Waals surface area contributed by atoms with Crippen LogP contribution in [-0.2, 0) is 9.59 Å². The summed E-state index contributed by atoms with van der Waals surface area (Å²) in [6.07, 6.45) is 9.64. The van der Waals surface area contributed by atoms with Crippen LogP contribution in [0.5, 0.6) is 0 Å². The lowest BCUT2D eigenvalue weighted by Crippen LogP contribution is -2.23. The van der Waals surface area contributed by atoms with Crippen LogP contribution in [0.25, 0.3) is 5.69 Å². The van der Waals surface area contributed by atoms with Crippen molar-refractivity contribution in [2.75, 3.05) is 22.5 Å². The van der Waals surface area contributed by atoms with E-state index >= 15 is 0 Å². The first kappa shape index (κ1) is 21.6. The first-order chi connectivity index (χ1) is 15.6. The summed E-state index contributed by atoms with van der Waals surface area (Å²) in [4.78, 5) is 29.0. The van der Waals surface area contributed by atoms with Crippen LogP contribution in [0.2, 0.25) is 5.02 Å². The lowest BCUT2D eigenvalue weighted by atomic mass is 10.0. The van der Waals surface area contributed by atoms with Gasteiger partial charge in [0, 0.05) is 11.4 Å². The largest absolute Gasteiger partial charge is 0.374 e. The van der Waals surface area contributed by atoms with E-state index in [1.165, 1.54) is 12.7 Å². The van der Waals surface area contributed by atoms with Gasteiger partial charge in [-0.25, -0.2) is 9.67 Å². The van der Waals surface area contributed by atoms with Gasteiger partial charge in [-0.2, -0.15) is 5.10 Å². The number of hydrogen-bond acceptors (Lipinski definition) is 5. The maximum atomic E-state index is 12.6. The van der Waals surface area contributed by atoms with Crippen molar-refractivity contribution >= 4 is 40.5 Å². The minimum atomic E-state index is -0.272. The molecule has 0 saturated heterocycles. The van der Waals surface area contributed by atoms with E-state index in [0.717, 1.165) is 12.8 Å². The fourth-order valence-corrected chi connectivity index (χ4v) is 3.73. The molecule has 0 radical (unpaired) electrons. The van der Waals surface area contributed by atoms with Crippen LogP contribution in [0.3, 0.4) is 0 Å². The number of carbonyl (C=O) groups excluding carboxylic acids is 2. The van der Waals surface area contributed by atoms with Crippen molar-refractivity contribution in [2.24, 2.45) is 5.92 Å². The molecule has 164 valence electrons. The summed E-state index contributed by atoms with van der Waals surface area (Å²) in [6.45, 7) is 0.00154. The predicted molar refractivity (Wildman–Crippen MR) is 125 cm³/mol. The Morgan fingerprint density at radius 1 is 1.06 bits per heavy atom. The molecule has 0 spiro atoms. The third-order valence-electron chi connectivity index (χ3n) is 5.10. The van der Waals surface area contributed by atoms with Crippen molar-refractivity contribution in [1.29, 1.82) is 0 Å². The summed E-state index contributed by atoms with van der Waals surface area (Å²) in [7, 11) is 0. The van der Waals surface area contributed by atoms with Gasteiger partial charge in [-0.1, -0.05) is 35.9 Å². The number of allylic oxidation sites excluding steroid dienone is 2. The summed E-state index contributed by atoms with van der Waals surface area (Å²) in [5.74, 6) is -0.0275. The average molecular weight is 451 g/mol. The zero-order valence-corrected chi connectivity index (χ0v) is 18.0. The molecule has 0 bridgehead atoms. The van der Waals surface area contributed by atoms with E-state index in [9.17, 15) is 9.59 Å². The van der Waals surface area contributed by atoms with Gasteiger partial charge in [0.1, 0.15) is 12.7 Å². The van der Waals surface area contributed by atoms with Crippen LogP contribution in [0.15, 0.2) is 67.3 Å². The molecule has 3 aromatic rings. The third-order valence-corrected chi connectivity index (χ3v) is 5.33. The molecule has 0 aliphatic heterocycles. The number of halogens is 1. The molecule has 1 unspecified atom stereocenters. The Hall–Kier alpha value is -3.65. The Morgan fingerprint density at radius 3 is 2.62 bits per heavy atom. The second-order valence-corrected chi connectivity index (χ2v) is 7.90. The van der Waals surface area contributed by atoms with Crippen LogP contribution in [-0.4, -0.2) is 33.1 Å². The summed E-state index contributed by atoms with van der Waals surface area (Å²) < 4.78 is 1.55. The highest BCUT2D eigenvalue weighted by molar-refractivity contribution is 6.31. The topological polar surface area (TPSA) is 101 Å². The molecule has 4 rings (SSSR count). The van der Waals surface area contributed by atoms with Gasteiger partial charge in [0.15, 0.2) is 0 Å². The van der Waals surface area contributed by atoms with Gasteiger partial charge in [0.2, 0.25) is 11.8 Å². The van der Waals surface area contributed by atoms with Crippen molar-refractivity contribution in [3.63, 3.8) is 0 Å². The van der Waals surface area contributed by atoms with Crippen LogP contribution >= 0.6 is 11.6 Å². The second kappa shape index (κ2) is 10.1. The lowest BCUT2D eigenvalue weighted by molar-refractivity contribution is -0.117. The molecule has 32 heavy (non-hydrogen) atoms. The molecular formula is C23H23ClN6O2. The van der Waals surface area contributed by atoms with Crippen LogP contribution in [0.1, 0.15) is 19.3 Å². The van der Waals surface area contributed by atoms with Gasteiger partial charge in [-0.3, -0.25) is 9.59 Å². The van der Waals surface area contributed by atoms with Gasteiger partial charge in [-0.05, 0) is 49.1 Å². The summed E-state index contributed by atoms with van der Waals surface area (Å²) in [5.41, 5.74) is 2.47. The number of amides is 2. The number of para-hydroxylation sites is 2. The summed E-state index contributed by atoms with van der Waals surface area (Å²) in [6, 6.07) is 12.4. The highest BCUT2D eigenvalue weighted by Crippen LogP contribution is 2.26. The van der Waals surface area contributed by atoms with E-state index in [1.54, 1.807) is 22.9 Å². The lowest BCUT2D eigenvalue weighted by Gasteiger charge is -2.15. The quantitative estimate of drug-likeness (QED) is 0.445. The van der Waals surface area contributed by atoms with Crippen molar-refractivity contribution in [3.8, 4) is 5.69 Å². The fraction of sp³-hybridized carbons (Fsp3) is 0.217. The zero-order valence-electron chi connectivity index (χ0n) is 17.3. The number of hydrogen-bond donors (Lipinski definition) is 3. The number of benzene rings is 2. The summed E-state index contributed by atoms with van der Waals surface area (Å²) >= 11 is 6.11. The molecule has 2 aromatic carbocycles. The molecule has 1 atom stereocenters. The van der Waals surface area contributed by atoms with E-state index in [1.807, 2.05) is 24.3 Å². The van der Waals surface area contributed by atoms with Crippen molar-refractivity contribution < 1.29 is 9.59 Å². The first-order valence-electron chi connectivity index (χ1n) is 10.3. The molecule has 8 nitrogen and oxygen atoms in total. The van der Waals surface area contributed by atoms with Crippen LogP contribution < -0.4 is 16.0 Å². The first-order valence-corrected chi connectivity index (χ1v) is 10.7. The van der Waals surface area contributed by atoms with Gasteiger partial charge in [0.25, 0.3) is 0 Å². The molecule has 0 saturated carbocycles. The van der Waals surface area contributed by atoms with Gasteiger partial charge < -0.3 is 16.0 Å². The van der Waals surface area contributed by atoms with Crippen molar-refractivity contribution in [2.45, 2.75) is 19.3 Å². The molecule has 1 heterocycles. The molecule has 9 heteroatoms. The number of nitrogens with one attached hydrogen (secondary N) is 3. The third kappa shape index (κ3) is 5.53. The number of aromatic nitrogens is 3. The minimum absolute atomic E-state index is 0.00154. The maximum Gasteiger partial charge on any atom is 0.243 e. The van der Waals surface area contributed by atoms with Crippen LogP contribution in [0.4, 0.5) is 17.1 Å². The molecule has 0 fully saturated rings. The highest BCUT2D eigenvalue weighted by Gasteiger charge is 2.15. The number of nitrogens with zero attached hydrogens (tertiary/aromatic N) is 3. The van der Waals surface area contributed by atoms with Crippen molar-refractivity contribution in [1.82, 2.24) is 14.8 Å². The number of rotatable bonds is 8. The molecule has 1 aromatic heterocycles. The SMILES string of the molecule is O=C(CC1C=CCC1)Nc1ccccc1NCC(=O)Nc1cc(Cl)ccc1-n1cncn1. The van der Waals surface area contributed by atoms with E-state index in [4.69, 9.17) is 11.6 Å². The van der Waals surface area contributed by atoms with E-state index < -0.39 is 0 Å². The maximum absolute atomic E-state index is 12.6. The molecule has 1 aliphatic rings. The Morgan fingerprint density at radius 2 is 1.88 bits per heavy atom. The molecule has 1 aliphatic carbocycles. The van der Waals surface area contributed by atoms with Crippen LogP contribution in [0, 0.1) is 5.92 Å². The predicted octanol–water partition coefficient (Wildman–Crippen LogP) is 4.27.